The average molecular weight is 369 g/mol. The zero-order valence-electron chi connectivity index (χ0n) is 15.4. The Bertz CT molecular complexity index is 766. The van der Waals surface area contributed by atoms with Crippen molar-refractivity contribution >= 4 is 17.5 Å². The molecule has 27 heavy (non-hydrogen) atoms. The zero-order valence-corrected chi connectivity index (χ0v) is 15.4. The summed E-state index contributed by atoms with van der Waals surface area (Å²) in [6.07, 6.45) is 6.63. The third-order valence-electron chi connectivity index (χ3n) is 5.28. The van der Waals surface area contributed by atoms with E-state index in [0.29, 0.717) is 11.5 Å². The number of halogens is 1. The summed E-state index contributed by atoms with van der Waals surface area (Å²) in [5, 5.41) is 0. The molecular weight excluding hydrogens is 345 g/mol. The Morgan fingerprint density at radius 1 is 0.815 bits per heavy atom. The van der Waals surface area contributed by atoms with Crippen molar-refractivity contribution in [2.45, 2.75) is 19.3 Å². The van der Waals surface area contributed by atoms with Gasteiger partial charge in [0.15, 0.2) is 0 Å². The number of piperazine rings is 1. The Kier molecular flexibility index (Phi) is 5.18. The fourth-order valence-corrected chi connectivity index (χ4v) is 3.69. The van der Waals surface area contributed by atoms with E-state index in [1.54, 1.807) is 12.4 Å². The molecular formula is C20H24FN5O. The van der Waals surface area contributed by atoms with E-state index >= 15 is 0 Å². The number of hydrogen-bond acceptors (Lipinski definition) is 5. The summed E-state index contributed by atoms with van der Waals surface area (Å²) >= 11 is 0. The number of carbonyl (C=O) groups excluding carboxylic acids is 1. The molecule has 3 heterocycles. The number of piperidine rings is 1. The van der Waals surface area contributed by atoms with Gasteiger partial charge in [0.1, 0.15) is 5.82 Å². The van der Waals surface area contributed by atoms with Crippen molar-refractivity contribution in [2.75, 3.05) is 49.1 Å². The smallest absolute Gasteiger partial charge is 0.256 e. The van der Waals surface area contributed by atoms with E-state index in [1.807, 2.05) is 17.0 Å². The number of amides is 1. The summed E-state index contributed by atoms with van der Waals surface area (Å²) in [7, 11) is 0. The number of rotatable bonds is 3. The number of carbonyl (C=O) groups is 1. The normalized spacial score (nSPS) is 17.9. The van der Waals surface area contributed by atoms with Crippen molar-refractivity contribution in [1.29, 1.82) is 0 Å². The van der Waals surface area contributed by atoms with Gasteiger partial charge in [-0.1, -0.05) is 0 Å². The van der Waals surface area contributed by atoms with Crippen molar-refractivity contribution in [3.8, 4) is 0 Å². The molecule has 2 fully saturated rings. The molecule has 1 aromatic heterocycles. The number of likely N-dealkylation sites (tertiary alicyclic amines) is 1. The Balaban J connectivity index is 1.36. The number of nitrogens with zero attached hydrogens (tertiary/aromatic N) is 5. The lowest BCUT2D eigenvalue weighted by atomic mass is 10.1. The SMILES string of the molecule is O=C(c1cnc(N2CCN(c3ccc(F)cc3)CC2)nc1)N1CCCCC1. The van der Waals surface area contributed by atoms with E-state index in [0.717, 1.165) is 57.8 Å². The maximum atomic E-state index is 13.1. The molecule has 2 aromatic rings. The average Bonchev–Trinajstić information content (AvgIpc) is 2.75. The molecule has 4 rings (SSSR count). The predicted octanol–water partition coefficient (Wildman–Crippen LogP) is 2.57. The molecule has 0 aliphatic carbocycles. The van der Waals surface area contributed by atoms with Crippen LogP contribution in [0.2, 0.25) is 0 Å². The second kappa shape index (κ2) is 7.90. The molecule has 142 valence electrons. The molecule has 0 atom stereocenters. The fraction of sp³-hybridized carbons (Fsp3) is 0.450. The fourth-order valence-electron chi connectivity index (χ4n) is 3.69. The van der Waals surface area contributed by atoms with Crippen LogP contribution in [0.1, 0.15) is 29.6 Å². The van der Waals surface area contributed by atoms with E-state index in [-0.39, 0.29) is 11.7 Å². The van der Waals surface area contributed by atoms with Gasteiger partial charge in [0.2, 0.25) is 5.95 Å². The largest absolute Gasteiger partial charge is 0.368 e. The van der Waals surface area contributed by atoms with Crippen LogP contribution in [0.4, 0.5) is 16.0 Å². The van der Waals surface area contributed by atoms with Crippen LogP contribution in [-0.2, 0) is 0 Å². The molecule has 1 amide bonds. The minimum Gasteiger partial charge on any atom is -0.368 e. The highest BCUT2D eigenvalue weighted by atomic mass is 19.1. The van der Waals surface area contributed by atoms with Crippen LogP contribution < -0.4 is 9.80 Å². The zero-order chi connectivity index (χ0) is 18.6. The van der Waals surface area contributed by atoms with Crippen molar-refractivity contribution in [2.24, 2.45) is 0 Å². The number of benzene rings is 1. The Morgan fingerprint density at radius 2 is 1.41 bits per heavy atom. The lowest BCUT2D eigenvalue weighted by Crippen LogP contribution is -2.47. The minimum atomic E-state index is -0.218. The maximum absolute atomic E-state index is 13.1. The summed E-state index contributed by atoms with van der Waals surface area (Å²) in [6, 6.07) is 6.59. The van der Waals surface area contributed by atoms with E-state index in [9.17, 15) is 9.18 Å². The molecule has 0 radical (unpaired) electrons. The van der Waals surface area contributed by atoms with Crippen molar-refractivity contribution in [3.63, 3.8) is 0 Å². The van der Waals surface area contributed by atoms with Crippen LogP contribution in [0.15, 0.2) is 36.7 Å². The molecule has 2 saturated heterocycles. The molecule has 7 heteroatoms. The van der Waals surface area contributed by atoms with E-state index in [4.69, 9.17) is 0 Å². The maximum Gasteiger partial charge on any atom is 0.256 e. The van der Waals surface area contributed by atoms with Gasteiger partial charge in [-0.3, -0.25) is 4.79 Å². The van der Waals surface area contributed by atoms with Crippen molar-refractivity contribution in [1.82, 2.24) is 14.9 Å². The van der Waals surface area contributed by atoms with Gasteiger partial charge in [0.25, 0.3) is 5.91 Å². The van der Waals surface area contributed by atoms with Crippen LogP contribution in [0.25, 0.3) is 0 Å². The van der Waals surface area contributed by atoms with E-state index in [1.165, 1.54) is 18.6 Å². The van der Waals surface area contributed by atoms with Gasteiger partial charge < -0.3 is 14.7 Å². The predicted molar refractivity (Wildman–Crippen MR) is 103 cm³/mol. The second-order valence-electron chi connectivity index (χ2n) is 7.08. The van der Waals surface area contributed by atoms with Crippen LogP contribution in [0, 0.1) is 5.82 Å². The van der Waals surface area contributed by atoms with Crippen LogP contribution in [0.3, 0.4) is 0 Å². The first-order chi connectivity index (χ1) is 13.2. The van der Waals surface area contributed by atoms with Crippen LogP contribution >= 0.6 is 0 Å². The molecule has 0 saturated carbocycles. The second-order valence-corrected chi connectivity index (χ2v) is 7.08. The Labute approximate surface area is 158 Å². The van der Waals surface area contributed by atoms with Gasteiger partial charge in [-0.25, -0.2) is 14.4 Å². The topological polar surface area (TPSA) is 52.6 Å². The first kappa shape index (κ1) is 17.7. The molecule has 0 N–H and O–H groups in total. The van der Waals surface area contributed by atoms with Gasteiger partial charge in [0.05, 0.1) is 5.56 Å². The van der Waals surface area contributed by atoms with Gasteiger partial charge in [0, 0.05) is 57.3 Å². The molecule has 6 nitrogen and oxygen atoms in total. The molecule has 1 aromatic carbocycles. The monoisotopic (exact) mass is 369 g/mol. The standard InChI is InChI=1S/C20H24FN5O/c21-17-4-6-18(7-5-17)24-10-12-26(13-11-24)20-22-14-16(15-23-20)19(27)25-8-2-1-3-9-25/h4-7,14-15H,1-3,8-13H2. The van der Waals surface area contributed by atoms with Gasteiger partial charge >= 0.3 is 0 Å². The highest BCUT2D eigenvalue weighted by Crippen LogP contribution is 2.19. The number of anilines is 2. The summed E-state index contributed by atoms with van der Waals surface area (Å²) in [4.78, 5) is 27.6. The lowest BCUT2D eigenvalue weighted by Gasteiger charge is -2.36. The number of hydrogen-bond donors (Lipinski definition) is 0. The highest BCUT2D eigenvalue weighted by Gasteiger charge is 2.21. The summed E-state index contributed by atoms with van der Waals surface area (Å²) in [5.74, 6) is 0.469. The minimum absolute atomic E-state index is 0.0300. The molecule has 0 spiro atoms. The molecule has 0 unspecified atom stereocenters. The number of aromatic nitrogens is 2. The first-order valence-electron chi connectivity index (χ1n) is 9.57. The first-order valence-corrected chi connectivity index (χ1v) is 9.57. The molecule has 2 aliphatic rings. The van der Waals surface area contributed by atoms with E-state index < -0.39 is 0 Å². The highest BCUT2D eigenvalue weighted by molar-refractivity contribution is 5.93. The van der Waals surface area contributed by atoms with Crippen LogP contribution in [0.5, 0.6) is 0 Å². The van der Waals surface area contributed by atoms with E-state index in [2.05, 4.69) is 19.8 Å². The molecule has 2 aliphatic heterocycles. The Hall–Kier alpha value is -2.70. The van der Waals surface area contributed by atoms with Gasteiger partial charge in [-0.05, 0) is 43.5 Å². The third-order valence-corrected chi connectivity index (χ3v) is 5.28. The Morgan fingerprint density at radius 3 is 2.04 bits per heavy atom. The van der Waals surface area contributed by atoms with Gasteiger partial charge in [-0.2, -0.15) is 0 Å². The van der Waals surface area contributed by atoms with Crippen LogP contribution in [-0.4, -0.2) is 60.0 Å². The van der Waals surface area contributed by atoms with Crippen molar-refractivity contribution in [3.05, 3.63) is 48.0 Å². The third kappa shape index (κ3) is 4.02. The summed E-state index contributed by atoms with van der Waals surface area (Å²) in [5.41, 5.74) is 1.59. The summed E-state index contributed by atoms with van der Waals surface area (Å²) < 4.78 is 13.1. The quantitative estimate of drug-likeness (QED) is 0.832. The lowest BCUT2D eigenvalue weighted by molar-refractivity contribution is 0.0723. The summed E-state index contributed by atoms with van der Waals surface area (Å²) in [6.45, 7) is 4.87. The molecule has 0 bridgehead atoms. The van der Waals surface area contributed by atoms with Gasteiger partial charge in [-0.15, -0.1) is 0 Å². The van der Waals surface area contributed by atoms with Crippen molar-refractivity contribution < 1.29 is 9.18 Å².